The molecule has 65 heavy (non-hydrogen) atoms. The molecule has 4 rings (SSSR count). The van der Waals surface area contributed by atoms with Crippen LogP contribution in [-0.2, 0) is 101 Å². The molecule has 35 nitrogen and oxygen atoms in total. The molecule has 0 aliphatic carbocycles. The van der Waals surface area contributed by atoms with E-state index in [1.165, 1.54) is 0 Å². The Hall–Kier alpha value is -2.63. The van der Waals surface area contributed by atoms with Gasteiger partial charge in [0.1, 0.15) is 67.1 Å². The number of ether oxygens (including phenoxy) is 7. The Labute approximate surface area is 363 Å². The van der Waals surface area contributed by atoms with E-state index in [0.29, 0.717) is 0 Å². The van der Waals surface area contributed by atoms with E-state index in [-0.39, 0.29) is 0 Å². The van der Waals surface area contributed by atoms with Crippen LogP contribution in [0.5, 0.6) is 0 Å². The van der Waals surface area contributed by atoms with Gasteiger partial charge in [0.15, 0.2) is 49.8 Å². The van der Waals surface area contributed by atoms with Crippen molar-refractivity contribution < 1.29 is 158 Å². The Morgan fingerprint density at radius 3 is 1.54 bits per heavy atom. The van der Waals surface area contributed by atoms with Crippen molar-refractivity contribution >= 4 is 59.2 Å². The number of carbonyl (C=O) groups is 3. The van der Waals surface area contributed by atoms with Crippen LogP contribution in [0.3, 0.4) is 0 Å². The fourth-order valence-electron chi connectivity index (χ4n) is 6.79. The quantitative estimate of drug-likeness (QED) is 0.0567. The van der Waals surface area contributed by atoms with Gasteiger partial charge in [-0.05, 0) is 0 Å². The van der Waals surface area contributed by atoms with Gasteiger partial charge >= 0.3 is 43.1 Å². The van der Waals surface area contributed by atoms with Crippen LogP contribution in [0.1, 0.15) is 6.92 Å². The monoisotopic (exact) mass is 1040 g/mol. The molecular formula is C26H41NO34S4. The van der Waals surface area contributed by atoms with Crippen molar-refractivity contribution in [2.75, 3.05) is 12.4 Å². The first kappa shape index (κ1) is 55.0. The molecule has 0 aromatic rings. The number of hydrogen-bond acceptors (Lipinski definition) is 28. The lowest BCUT2D eigenvalue weighted by Gasteiger charge is -2.49. The van der Waals surface area contributed by atoms with Gasteiger partial charge in [0.25, 0.3) is 10.1 Å². The molecule has 39 heteroatoms. The summed E-state index contributed by atoms with van der Waals surface area (Å²) in [6, 6.07) is -1.92. The highest BCUT2D eigenvalue weighted by molar-refractivity contribution is 7.85. The van der Waals surface area contributed by atoms with Crippen LogP contribution in [0, 0.1) is 5.92 Å². The van der Waals surface area contributed by atoms with Crippen molar-refractivity contribution in [3.8, 4) is 0 Å². The van der Waals surface area contributed by atoms with Crippen LogP contribution in [0.25, 0.3) is 0 Å². The van der Waals surface area contributed by atoms with Crippen LogP contribution >= 0.6 is 0 Å². The third kappa shape index (κ3) is 14.4. The molecule has 0 bridgehead atoms. The predicted molar refractivity (Wildman–Crippen MR) is 187 cm³/mol. The van der Waals surface area contributed by atoms with E-state index in [9.17, 15) is 103 Å². The van der Waals surface area contributed by atoms with E-state index in [1.807, 2.05) is 0 Å². The van der Waals surface area contributed by atoms with Crippen LogP contribution in [0.4, 0.5) is 0 Å². The fraction of sp³-hybridized carbons (Fsp3) is 0.885. The van der Waals surface area contributed by atoms with Crippen molar-refractivity contribution in [1.29, 1.82) is 0 Å². The normalized spacial score (nSPS) is 41.0. The van der Waals surface area contributed by atoms with E-state index in [4.69, 9.17) is 37.5 Å². The first-order valence-electron chi connectivity index (χ1n) is 17.5. The molecule has 378 valence electrons. The number of carboxylic acids is 2. The van der Waals surface area contributed by atoms with Crippen molar-refractivity contribution in [2.24, 2.45) is 5.92 Å². The summed E-state index contributed by atoms with van der Waals surface area (Å²) in [6.45, 7) is -0.392. The van der Waals surface area contributed by atoms with E-state index in [2.05, 4.69) is 22.6 Å². The van der Waals surface area contributed by atoms with Crippen LogP contribution in [-0.4, -0.2) is 245 Å². The molecule has 0 radical (unpaired) electrons. The molecule has 0 aromatic carbocycles. The highest BCUT2D eigenvalue weighted by Gasteiger charge is 2.59. The zero-order chi connectivity index (χ0) is 49.5. The SMILES string of the molecule is CC(=O)N[C@H]1[C@@H](OC2[C@@H](C(=O)O)O[C@@H](O[C@H]3[C@H](CS(=O)(=O)O)[C@@H](OS(=O)(=O)O)[C@@H](O[C@H]4[C@H](O)[C@@H](OS(=O)(=O)O)C(O)O[C@H]4C(=O)O)O[C@@H]3O)[C@H](O)[C@H]2O)O[C@H](COS(=O)(=O)O)[C@@H](O)[C@@H]1O. The number of aliphatic carboxylic acids is 2. The average Bonchev–Trinajstić information content (AvgIpc) is 3.13. The number of amides is 1. The van der Waals surface area contributed by atoms with Crippen molar-refractivity contribution in [3.63, 3.8) is 0 Å². The molecule has 1 amide bonds. The summed E-state index contributed by atoms with van der Waals surface area (Å²) >= 11 is 0. The molecule has 14 N–H and O–H groups in total. The Morgan fingerprint density at radius 1 is 0.538 bits per heavy atom. The van der Waals surface area contributed by atoms with Gasteiger partial charge in [0.2, 0.25) is 5.91 Å². The van der Waals surface area contributed by atoms with Crippen molar-refractivity contribution in [3.05, 3.63) is 0 Å². The first-order valence-corrected chi connectivity index (χ1v) is 23.2. The lowest BCUT2D eigenvalue weighted by Crippen LogP contribution is -2.69. The number of rotatable bonds is 18. The molecule has 0 aromatic heterocycles. The Kier molecular flexibility index (Phi) is 17.7. The Bertz CT molecular complexity index is 2160. The van der Waals surface area contributed by atoms with Gasteiger partial charge in [-0.15, -0.1) is 0 Å². The Morgan fingerprint density at radius 2 is 1.03 bits per heavy atom. The molecular weight excluding hydrogens is 999 g/mol. The molecule has 2 unspecified atom stereocenters. The minimum Gasteiger partial charge on any atom is -0.479 e. The topological polar surface area (TPSA) is 555 Å². The van der Waals surface area contributed by atoms with Crippen molar-refractivity contribution in [1.82, 2.24) is 5.32 Å². The Balaban J connectivity index is 1.69. The summed E-state index contributed by atoms with van der Waals surface area (Å²) in [7, 11) is -22.3. The molecule has 4 fully saturated rings. The smallest absolute Gasteiger partial charge is 0.397 e. The number of carboxylic acid groups (broad SMARTS) is 2. The molecule has 4 aliphatic heterocycles. The van der Waals surface area contributed by atoms with Crippen LogP contribution < -0.4 is 5.32 Å². The second-order valence-corrected chi connectivity index (χ2v) is 18.8. The van der Waals surface area contributed by atoms with Gasteiger partial charge in [-0.2, -0.15) is 33.7 Å². The number of nitrogens with one attached hydrogen (secondary N) is 1. The molecule has 0 saturated carbocycles. The predicted octanol–water partition coefficient (Wildman–Crippen LogP) is -9.84. The van der Waals surface area contributed by atoms with Gasteiger partial charge in [-0.1, -0.05) is 0 Å². The maximum atomic E-state index is 12.5. The molecule has 4 saturated heterocycles. The van der Waals surface area contributed by atoms with E-state index < -0.39 is 194 Å². The van der Waals surface area contributed by atoms with E-state index >= 15 is 0 Å². The van der Waals surface area contributed by atoms with Gasteiger partial charge < -0.3 is 84.4 Å². The summed E-state index contributed by atoms with van der Waals surface area (Å²) in [5, 5.41) is 97.2. The zero-order valence-electron chi connectivity index (χ0n) is 32.0. The third-order valence-electron chi connectivity index (χ3n) is 9.43. The molecule has 4 aliphatic rings. The van der Waals surface area contributed by atoms with Crippen molar-refractivity contribution in [2.45, 2.75) is 124 Å². The fourth-order valence-corrected chi connectivity index (χ4v) is 8.96. The summed E-state index contributed by atoms with van der Waals surface area (Å²) in [6.07, 6.45) is -46.4. The second kappa shape index (κ2) is 20.9. The van der Waals surface area contributed by atoms with Crippen LogP contribution in [0.15, 0.2) is 0 Å². The first-order chi connectivity index (χ1) is 29.6. The standard InChI is InChI=1S/C26H41NO34S4/c1-4(28)27-7-9(30)8(29)6(2-52-63(43,44)45)53-24(7)56-15-10(31)11(32)25(58-19(15)21(36)37)55-13-5(3-62(40,41)42)14(60-64(46,47)48)26(59-22(13)38)57-16-12(33)17(61-65(49,50)51)23(39)54-18(16)20(34)35/h5-19,22-26,29-33,38-39H,2-3H2,1H3,(H,27,28)(H,34,35)(H,36,37)(H,40,41,42)(H,43,44,45)(H,46,47,48)(H,49,50,51)/t5-,6+,7+,8+,9+,10+,11+,12-,13-,14+,15?,16-,17+,18+,19-,22-,23?,24+,25+,26-/m0/s1. The average molecular weight is 1040 g/mol. The summed E-state index contributed by atoms with van der Waals surface area (Å²) in [5.41, 5.74) is 0. The number of aliphatic hydroxyl groups is 7. The zero-order valence-corrected chi connectivity index (χ0v) is 35.2. The van der Waals surface area contributed by atoms with E-state index in [0.717, 1.165) is 6.92 Å². The van der Waals surface area contributed by atoms with Gasteiger partial charge in [0.05, 0.1) is 12.4 Å². The summed E-state index contributed by atoms with van der Waals surface area (Å²) in [4.78, 5) is 36.4. The largest absolute Gasteiger partial charge is 0.479 e. The van der Waals surface area contributed by atoms with Gasteiger partial charge in [0, 0.05) is 12.8 Å². The highest BCUT2D eigenvalue weighted by Crippen LogP contribution is 2.38. The lowest BCUT2D eigenvalue weighted by atomic mass is 9.92. The van der Waals surface area contributed by atoms with Gasteiger partial charge in [-0.25, -0.2) is 22.1 Å². The second-order valence-electron chi connectivity index (χ2n) is 14.1. The molecule has 20 atom stereocenters. The third-order valence-corrected chi connectivity index (χ3v) is 11.6. The lowest BCUT2D eigenvalue weighted by molar-refractivity contribution is -0.391. The van der Waals surface area contributed by atoms with Crippen LogP contribution in [0.2, 0.25) is 0 Å². The summed E-state index contributed by atoms with van der Waals surface area (Å²) in [5.74, 6) is -9.75. The van der Waals surface area contributed by atoms with E-state index in [1.54, 1.807) is 0 Å². The minimum absolute atomic E-state index is 0.871. The highest BCUT2D eigenvalue weighted by atomic mass is 32.3. The van der Waals surface area contributed by atoms with Gasteiger partial charge in [-0.3, -0.25) is 23.0 Å². The number of aliphatic hydroxyl groups excluding tert-OH is 7. The molecule has 0 spiro atoms. The molecule has 4 heterocycles. The maximum Gasteiger partial charge on any atom is 0.397 e. The maximum absolute atomic E-state index is 12.5. The number of carbonyl (C=O) groups excluding carboxylic acids is 1. The minimum atomic E-state index is -5.94. The summed E-state index contributed by atoms with van der Waals surface area (Å²) < 4.78 is 180. The number of hydrogen-bond donors (Lipinski definition) is 14.